The zero-order chi connectivity index (χ0) is 25.7. The van der Waals surface area contributed by atoms with Crippen LogP contribution in [0.1, 0.15) is 10.4 Å². The van der Waals surface area contributed by atoms with E-state index in [1.54, 1.807) is 24.3 Å². The quantitative estimate of drug-likeness (QED) is 0.364. The van der Waals surface area contributed by atoms with Crippen LogP contribution in [0.3, 0.4) is 0 Å². The lowest BCUT2D eigenvalue weighted by atomic mass is 10.1. The highest BCUT2D eigenvalue weighted by molar-refractivity contribution is 8.66. The first-order valence-corrected chi connectivity index (χ1v) is 14.1. The van der Waals surface area contributed by atoms with E-state index in [0.717, 1.165) is 18.2 Å². The summed E-state index contributed by atoms with van der Waals surface area (Å²) >= 11 is 12.1. The van der Waals surface area contributed by atoms with E-state index in [2.05, 4.69) is 5.10 Å². The van der Waals surface area contributed by atoms with Gasteiger partial charge in [-0.3, -0.25) is 4.79 Å². The molecule has 0 unspecified atom stereocenters. The molecule has 0 aliphatic carbocycles. The predicted molar refractivity (Wildman–Crippen MR) is 128 cm³/mol. The van der Waals surface area contributed by atoms with Gasteiger partial charge in [-0.25, -0.2) is 26.6 Å². The third-order valence-electron chi connectivity index (χ3n) is 4.90. The van der Waals surface area contributed by atoms with Crippen molar-refractivity contribution in [2.45, 2.75) is 0 Å². The van der Waals surface area contributed by atoms with E-state index in [4.69, 9.17) is 23.2 Å². The van der Waals surface area contributed by atoms with Gasteiger partial charge >= 0.3 is 9.06 Å². The molecule has 0 aliphatic rings. The highest BCUT2D eigenvalue weighted by atomic mass is 35.5. The lowest BCUT2D eigenvalue weighted by molar-refractivity contribution is 0.0978. The van der Waals surface area contributed by atoms with Crippen molar-refractivity contribution < 1.29 is 30.4 Å². The van der Waals surface area contributed by atoms with Crippen LogP contribution in [0, 0.1) is 11.6 Å². The van der Waals surface area contributed by atoms with Crippen molar-refractivity contribution in [3.8, 4) is 16.9 Å². The maximum absolute atomic E-state index is 14.9. The Morgan fingerprint density at radius 1 is 0.971 bits per heavy atom. The monoisotopic (exact) mass is 559 g/mol. The zero-order valence-corrected chi connectivity index (χ0v) is 20.6. The molecule has 14 heteroatoms. The Bertz CT molecular complexity index is 1740. The Morgan fingerprint density at radius 3 is 2.31 bits per heavy atom. The predicted octanol–water partition coefficient (Wildman–Crippen LogP) is 4.30. The van der Waals surface area contributed by atoms with Gasteiger partial charge in [0.1, 0.15) is 17.3 Å². The van der Waals surface area contributed by atoms with E-state index in [1.165, 1.54) is 21.5 Å². The SMILES string of the molecule is CS(=O)(=O)S(=O)(=O)NC(=O)c1cc(Cl)c(-n2nc(-c3ccc(Cl)cc3F)c3ccccc32)cc1F. The Kier molecular flexibility index (Phi) is 6.34. The number of carbonyl (C=O) groups is 1. The summed E-state index contributed by atoms with van der Waals surface area (Å²) in [6, 6.07) is 12.4. The van der Waals surface area contributed by atoms with Crippen LogP contribution in [0.15, 0.2) is 54.6 Å². The maximum Gasteiger partial charge on any atom is 0.341 e. The van der Waals surface area contributed by atoms with Crippen LogP contribution < -0.4 is 4.72 Å². The molecule has 182 valence electrons. The van der Waals surface area contributed by atoms with Crippen LogP contribution in [0.25, 0.3) is 27.8 Å². The molecule has 4 aromatic rings. The second-order valence-corrected chi connectivity index (χ2v) is 13.8. The first-order valence-electron chi connectivity index (χ1n) is 9.50. The summed E-state index contributed by atoms with van der Waals surface area (Å²) in [7, 11) is -9.80. The molecular weight excluding hydrogens is 547 g/mol. The van der Waals surface area contributed by atoms with Crippen LogP contribution in [0.5, 0.6) is 0 Å². The molecule has 1 N–H and O–H groups in total. The zero-order valence-electron chi connectivity index (χ0n) is 17.5. The Balaban J connectivity index is 1.85. The number of hydrogen-bond donors (Lipinski definition) is 1. The van der Waals surface area contributed by atoms with Crippen molar-refractivity contribution in [1.29, 1.82) is 0 Å². The van der Waals surface area contributed by atoms with Gasteiger partial charge in [0, 0.05) is 22.0 Å². The highest BCUT2D eigenvalue weighted by Gasteiger charge is 2.29. The summed E-state index contributed by atoms with van der Waals surface area (Å²) in [5, 5.41) is 4.87. The van der Waals surface area contributed by atoms with Gasteiger partial charge in [0.05, 0.1) is 28.0 Å². The molecule has 0 saturated carbocycles. The molecule has 1 aromatic heterocycles. The fourth-order valence-corrected chi connectivity index (χ4v) is 4.82. The summed E-state index contributed by atoms with van der Waals surface area (Å²) in [4.78, 5) is 12.3. The minimum atomic E-state index is -5.10. The molecular formula is C21H13Cl2F2N3O5S2. The molecule has 4 rings (SSSR count). The van der Waals surface area contributed by atoms with Gasteiger partial charge in [0.15, 0.2) is 0 Å². The Hall–Kier alpha value is -3.06. The molecule has 0 bridgehead atoms. The van der Waals surface area contributed by atoms with Crippen molar-refractivity contribution in [3.63, 3.8) is 0 Å². The van der Waals surface area contributed by atoms with Gasteiger partial charge in [-0.05, 0) is 30.3 Å². The average molecular weight is 560 g/mol. The van der Waals surface area contributed by atoms with Gasteiger partial charge in [-0.1, -0.05) is 41.4 Å². The third-order valence-corrected chi connectivity index (χ3v) is 9.31. The normalized spacial score (nSPS) is 12.1. The molecule has 0 fully saturated rings. The van der Waals surface area contributed by atoms with E-state index in [0.29, 0.717) is 17.2 Å². The number of benzene rings is 3. The number of rotatable bonds is 5. The first-order chi connectivity index (χ1) is 16.3. The molecule has 0 atom stereocenters. The molecule has 1 amide bonds. The lowest BCUT2D eigenvalue weighted by Crippen LogP contribution is -2.35. The molecule has 8 nitrogen and oxygen atoms in total. The van der Waals surface area contributed by atoms with Crippen LogP contribution in [0.4, 0.5) is 8.78 Å². The Labute approximate surface area is 207 Å². The van der Waals surface area contributed by atoms with Gasteiger partial charge in [-0.15, -0.1) is 0 Å². The van der Waals surface area contributed by atoms with Crippen LogP contribution in [-0.4, -0.2) is 38.8 Å². The van der Waals surface area contributed by atoms with Crippen molar-refractivity contribution >= 4 is 57.9 Å². The number of nitrogens with one attached hydrogen (secondary N) is 1. The van der Waals surface area contributed by atoms with Crippen LogP contribution >= 0.6 is 23.2 Å². The van der Waals surface area contributed by atoms with Crippen LogP contribution in [0.2, 0.25) is 10.0 Å². The fraction of sp³-hybridized carbons (Fsp3) is 0.0476. The van der Waals surface area contributed by atoms with Crippen LogP contribution in [-0.2, 0) is 17.9 Å². The highest BCUT2D eigenvalue weighted by Crippen LogP contribution is 2.34. The molecule has 3 aromatic carbocycles. The minimum Gasteiger partial charge on any atom is -0.268 e. The minimum absolute atomic E-state index is 0.0384. The molecule has 0 radical (unpaired) electrons. The summed E-state index contributed by atoms with van der Waals surface area (Å²) in [6.45, 7) is 0. The van der Waals surface area contributed by atoms with E-state index in [1.807, 2.05) is 0 Å². The second kappa shape index (κ2) is 8.86. The van der Waals surface area contributed by atoms with E-state index < -0.39 is 41.0 Å². The molecule has 35 heavy (non-hydrogen) atoms. The van der Waals surface area contributed by atoms with Gasteiger partial charge in [-0.2, -0.15) is 13.5 Å². The number of aromatic nitrogens is 2. The number of hydrogen-bond acceptors (Lipinski definition) is 6. The van der Waals surface area contributed by atoms with Gasteiger partial charge in [0.25, 0.3) is 14.8 Å². The summed E-state index contributed by atoms with van der Waals surface area (Å²) in [6.07, 6.45) is 0.374. The summed E-state index contributed by atoms with van der Waals surface area (Å²) in [5.41, 5.74) is -0.0832. The number of amides is 1. The van der Waals surface area contributed by atoms with E-state index >= 15 is 0 Å². The fourth-order valence-electron chi connectivity index (χ4n) is 3.25. The van der Waals surface area contributed by atoms with E-state index in [9.17, 15) is 30.4 Å². The summed E-state index contributed by atoms with van der Waals surface area (Å²) < 4.78 is 78.1. The molecule has 1 heterocycles. The lowest BCUT2D eigenvalue weighted by Gasteiger charge is -2.10. The number of carbonyl (C=O) groups excluding carboxylic acids is 1. The largest absolute Gasteiger partial charge is 0.341 e. The van der Waals surface area contributed by atoms with Crippen molar-refractivity contribution in [1.82, 2.24) is 14.5 Å². The first kappa shape index (κ1) is 25.0. The van der Waals surface area contributed by atoms with Crippen molar-refractivity contribution in [2.24, 2.45) is 0 Å². The van der Waals surface area contributed by atoms with Gasteiger partial charge in [0.2, 0.25) is 0 Å². The number of fused-ring (bicyclic) bond motifs is 1. The van der Waals surface area contributed by atoms with E-state index in [-0.39, 0.29) is 27.0 Å². The third kappa shape index (κ3) is 4.61. The smallest absolute Gasteiger partial charge is 0.268 e. The molecule has 0 spiro atoms. The Morgan fingerprint density at radius 2 is 1.66 bits per heavy atom. The standard InChI is InChI=1S/C21H13Cl2F2N3O5S2/c1-34(30,31)35(32,33)27-21(29)14-9-15(23)19(10-17(14)25)28-18-5-3-2-4-13(18)20(26-28)12-7-6-11(22)8-16(12)24/h2-10H,1H3,(H,27,29). The molecule has 0 aliphatic heterocycles. The second-order valence-electron chi connectivity index (χ2n) is 7.27. The number of halogens is 4. The number of nitrogens with zero attached hydrogens (tertiary/aromatic N) is 2. The topological polar surface area (TPSA) is 115 Å². The van der Waals surface area contributed by atoms with Gasteiger partial charge < -0.3 is 0 Å². The molecule has 0 saturated heterocycles. The number of para-hydroxylation sites is 1. The average Bonchev–Trinajstić information content (AvgIpc) is 3.13. The summed E-state index contributed by atoms with van der Waals surface area (Å²) in [5.74, 6) is -3.37. The van der Waals surface area contributed by atoms with Crippen molar-refractivity contribution in [3.05, 3.63) is 81.8 Å². The maximum atomic E-state index is 14.9. The van der Waals surface area contributed by atoms with Crippen molar-refractivity contribution in [2.75, 3.05) is 6.26 Å².